The molecule has 3 N–H and O–H groups in total. The lowest BCUT2D eigenvalue weighted by Gasteiger charge is -2.76. The van der Waals surface area contributed by atoms with Gasteiger partial charge < -0.3 is 15.8 Å². The number of hydrogen-bond donors (Lipinski definition) is 2. The molecule has 3 fully saturated rings. The van der Waals surface area contributed by atoms with Crippen LogP contribution in [0.5, 0.6) is 0 Å². The van der Waals surface area contributed by atoms with E-state index in [2.05, 4.69) is 12.2 Å². The number of carbonyl (C=O) groups is 1. The van der Waals surface area contributed by atoms with Crippen LogP contribution in [-0.2, 0) is 4.74 Å². The zero-order valence-electron chi connectivity index (χ0n) is 11.3. The second kappa shape index (κ2) is 3.61. The highest BCUT2D eigenvalue weighted by atomic mass is 16.6. The summed E-state index contributed by atoms with van der Waals surface area (Å²) in [5, 5.41) is 3.05. The van der Waals surface area contributed by atoms with E-state index >= 15 is 0 Å². The van der Waals surface area contributed by atoms with Gasteiger partial charge in [-0.15, -0.1) is 0 Å². The summed E-state index contributed by atoms with van der Waals surface area (Å²) in [7, 11) is 0. The summed E-state index contributed by atoms with van der Waals surface area (Å²) in [4.78, 5) is 11.7. The van der Waals surface area contributed by atoms with Crippen LogP contribution in [0.15, 0.2) is 0 Å². The third-order valence-electron chi connectivity index (χ3n) is 4.47. The zero-order chi connectivity index (χ0) is 12.9. The van der Waals surface area contributed by atoms with E-state index in [0.717, 1.165) is 25.8 Å². The van der Waals surface area contributed by atoms with Gasteiger partial charge in [-0.25, -0.2) is 4.79 Å². The maximum absolute atomic E-state index is 11.7. The van der Waals surface area contributed by atoms with Gasteiger partial charge in [0, 0.05) is 5.54 Å². The highest BCUT2D eigenvalue weighted by molar-refractivity contribution is 5.70. The van der Waals surface area contributed by atoms with Gasteiger partial charge in [0.25, 0.3) is 0 Å². The van der Waals surface area contributed by atoms with E-state index in [1.807, 2.05) is 20.8 Å². The molecule has 3 aliphatic carbocycles. The van der Waals surface area contributed by atoms with Crippen LogP contribution in [0.1, 0.15) is 47.0 Å². The Kier molecular flexibility index (Phi) is 2.69. The van der Waals surface area contributed by atoms with E-state index in [1.165, 1.54) is 0 Å². The molecule has 0 aromatic heterocycles. The van der Waals surface area contributed by atoms with Crippen molar-refractivity contribution in [1.29, 1.82) is 0 Å². The average molecular weight is 240 g/mol. The molecule has 1 amide bonds. The molecule has 0 saturated heterocycles. The highest BCUT2D eigenvalue weighted by Gasteiger charge is 2.73. The molecule has 3 rings (SSSR count). The van der Waals surface area contributed by atoms with Gasteiger partial charge in [-0.2, -0.15) is 0 Å². The number of rotatable bonds is 3. The molecule has 0 spiro atoms. The third-order valence-corrected chi connectivity index (χ3v) is 4.47. The molecular weight excluding hydrogens is 216 g/mol. The Morgan fingerprint density at radius 2 is 2.06 bits per heavy atom. The maximum atomic E-state index is 11.7. The minimum atomic E-state index is -0.425. The smallest absolute Gasteiger partial charge is 0.408 e. The van der Waals surface area contributed by atoms with Crippen LogP contribution in [0.2, 0.25) is 0 Å². The first-order chi connectivity index (χ1) is 7.73. The Morgan fingerprint density at radius 1 is 1.47 bits per heavy atom. The van der Waals surface area contributed by atoms with Gasteiger partial charge in [0.1, 0.15) is 5.60 Å². The lowest BCUT2D eigenvalue weighted by atomic mass is 9.32. The first-order valence-electron chi connectivity index (χ1n) is 6.44. The first-order valence-corrected chi connectivity index (χ1v) is 6.44. The van der Waals surface area contributed by atoms with Gasteiger partial charge in [0.05, 0.1) is 0 Å². The third kappa shape index (κ3) is 1.92. The van der Waals surface area contributed by atoms with Gasteiger partial charge in [-0.05, 0) is 57.9 Å². The number of nitrogens with one attached hydrogen (secondary N) is 1. The topological polar surface area (TPSA) is 64.3 Å². The SMILES string of the molecule is C[C@H]1C2(CCN)CC1(NC(=O)OC(C)(C)C)C2. The molecule has 3 saturated carbocycles. The summed E-state index contributed by atoms with van der Waals surface area (Å²) in [5.41, 5.74) is 5.61. The van der Waals surface area contributed by atoms with Crippen molar-refractivity contribution in [3.8, 4) is 0 Å². The molecule has 0 heterocycles. The van der Waals surface area contributed by atoms with E-state index < -0.39 is 5.60 Å². The Labute approximate surface area is 103 Å². The summed E-state index contributed by atoms with van der Waals surface area (Å²) in [6, 6.07) is 0. The average Bonchev–Trinajstić information content (AvgIpc) is 2.12. The van der Waals surface area contributed by atoms with Crippen LogP contribution in [0, 0.1) is 11.3 Å². The van der Waals surface area contributed by atoms with E-state index in [4.69, 9.17) is 10.5 Å². The summed E-state index contributed by atoms with van der Waals surface area (Å²) in [6.07, 6.45) is 2.92. The van der Waals surface area contributed by atoms with Crippen molar-refractivity contribution in [1.82, 2.24) is 5.32 Å². The van der Waals surface area contributed by atoms with Crippen molar-refractivity contribution in [2.45, 2.75) is 58.1 Å². The molecule has 0 aromatic carbocycles. The molecule has 2 bridgehead atoms. The van der Waals surface area contributed by atoms with Crippen LogP contribution >= 0.6 is 0 Å². The van der Waals surface area contributed by atoms with Crippen molar-refractivity contribution < 1.29 is 9.53 Å². The van der Waals surface area contributed by atoms with Crippen LogP contribution in [0.3, 0.4) is 0 Å². The molecule has 0 unspecified atom stereocenters. The Morgan fingerprint density at radius 3 is 2.47 bits per heavy atom. The largest absolute Gasteiger partial charge is 0.444 e. The van der Waals surface area contributed by atoms with E-state index in [-0.39, 0.29) is 11.6 Å². The predicted octanol–water partition coefficient (Wildman–Crippen LogP) is 2.03. The molecule has 17 heavy (non-hydrogen) atoms. The van der Waals surface area contributed by atoms with Gasteiger partial charge >= 0.3 is 6.09 Å². The number of amides is 1. The Balaban J connectivity index is 1.86. The van der Waals surface area contributed by atoms with Crippen molar-refractivity contribution >= 4 is 6.09 Å². The van der Waals surface area contributed by atoms with Gasteiger partial charge in [0.15, 0.2) is 0 Å². The van der Waals surface area contributed by atoms with E-state index in [9.17, 15) is 4.79 Å². The molecule has 3 aliphatic rings. The van der Waals surface area contributed by atoms with E-state index in [1.54, 1.807) is 0 Å². The Bertz CT molecular complexity index is 327. The molecule has 1 atom stereocenters. The summed E-state index contributed by atoms with van der Waals surface area (Å²) in [6.45, 7) is 8.60. The summed E-state index contributed by atoms with van der Waals surface area (Å²) in [5.74, 6) is 0.533. The minimum Gasteiger partial charge on any atom is -0.444 e. The molecule has 98 valence electrons. The lowest BCUT2D eigenvalue weighted by molar-refractivity contribution is -0.220. The van der Waals surface area contributed by atoms with E-state index in [0.29, 0.717) is 11.3 Å². The molecule has 4 heteroatoms. The number of alkyl carbamates (subject to hydrolysis) is 1. The van der Waals surface area contributed by atoms with Gasteiger partial charge in [0.2, 0.25) is 0 Å². The standard InChI is InChI=1S/C13H24N2O2/c1-9-12(5-6-14)7-13(9,8-12)15-10(16)17-11(2,3)4/h9H,5-8,14H2,1-4H3,(H,15,16)/t9-,12?,13?/m0/s1. The van der Waals surface area contributed by atoms with Crippen molar-refractivity contribution in [3.05, 3.63) is 0 Å². The number of carbonyl (C=O) groups excluding carboxylic acids is 1. The number of hydrogen-bond acceptors (Lipinski definition) is 3. The Hall–Kier alpha value is -0.770. The number of nitrogens with two attached hydrogens (primary N) is 1. The quantitative estimate of drug-likeness (QED) is 0.793. The monoisotopic (exact) mass is 240 g/mol. The normalized spacial score (nSPS) is 39.0. The van der Waals surface area contributed by atoms with Crippen molar-refractivity contribution in [3.63, 3.8) is 0 Å². The zero-order valence-corrected chi connectivity index (χ0v) is 11.3. The second-order valence-corrected chi connectivity index (χ2v) is 6.76. The molecular formula is C13H24N2O2. The minimum absolute atomic E-state index is 0.00248. The van der Waals surface area contributed by atoms with Gasteiger partial charge in [-0.3, -0.25) is 0 Å². The van der Waals surface area contributed by atoms with Crippen molar-refractivity contribution in [2.75, 3.05) is 6.54 Å². The molecule has 0 radical (unpaired) electrons. The fraction of sp³-hybridized carbons (Fsp3) is 0.923. The summed E-state index contributed by atoms with van der Waals surface area (Å²) < 4.78 is 5.30. The molecule has 0 aromatic rings. The fourth-order valence-electron chi connectivity index (χ4n) is 3.53. The lowest BCUT2D eigenvalue weighted by Crippen LogP contribution is -2.81. The van der Waals surface area contributed by atoms with Crippen LogP contribution in [0.25, 0.3) is 0 Å². The first kappa shape index (κ1) is 12.7. The highest BCUT2D eigenvalue weighted by Crippen LogP contribution is 2.72. The van der Waals surface area contributed by atoms with Gasteiger partial charge in [-0.1, -0.05) is 6.92 Å². The molecule has 0 aliphatic heterocycles. The predicted molar refractivity (Wildman–Crippen MR) is 66.6 cm³/mol. The summed E-state index contributed by atoms with van der Waals surface area (Å²) >= 11 is 0. The molecule has 4 nitrogen and oxygen atoms in total. The van der Waals surface area contributed by atoms with Crippen LogP contribution < -0.4 is 11.1 Å². The van der Waals surface area contributed by atoms with Crippen LogP contribution in [-0.4, -0.2) is 23.8 Å². The maximum Gasteiger partial charge on any atom is 0.408 e. The van der Waals surface area contributed by atoms with Crippen LogP contribution in [0.4, 0.5) is 4.79 Å². The number of ether oxygens (including phenoxy) is 1. The van der Waals surface area contributed by atoms with Crippen molar-refractivity contribution in [2.24, 2.45) is 17.1 Å². The fourth-order valence-corrected chi connectivity index (χ4v) is 3.53. The second-order valence-electron chi connectivity index (χ2n) is 6.76.